The van der Waals surface area contributed by atoms with Gasteiger partial charge in [0.15, 0.2) is 0 Å². The molecule has 0 heterocycles. The number of aryl methyl sites for hydroxylation is 2. The number of carbonyl (C=O) groups is 3. The minimum absolute atomic E-state index is 0.0403. The molecule has 0 saturated carbocycles. The number of benzene rings is 2. The second kappa shape index (κ2) is 14.9. The van der Waals surface area contributed by atoms with E-state index in [0.717, 1.165) is 5.56 Å². The molecule has 0 radical (unpaired) electrons. The minimum atomic E-state index is -4.12. The Bertz CT molecular complexity index is 1180. The number of alkyl carbamates (subject to hydrolysis) is 1. The van der Waals surface area contributed by atoms with Gasteiger partial charge in [0.2, 0.25) is 15.9 Å². The van der Waals surface area contributed by atoms with Crippen LogP contribution in [0.5, 0.6) is 5.75 Å². The van der Waals surface area contributed by atoms with E-state index in [9.17, 15) is 22.8 Å². The number of ether oxygens (including phenoxy) is 2. The number of aliphatic carboxylic acids is 1. The van der Waals surface area contributed by atoms with Gasteiger partial charge in [-0.05, 0) is 49.1 Å². The van der Waals surface area contributed by atoms with E-state index >= 15 is 0 Å². The molecule has 0 fully saturated rings. The van der Waals surface area contributed by atoms with E-state index in [4.69, 9.17) is 20.3 Å². The zero-order chi connectivity index (χ0) is 28.1. The van der Waals surface area contributed by atoms with E-state index in [1.54, 1.807) is 13.8 Å². The molecule has 12 nitrogen and oxygen atoms in total. The van der Waals surface area contributed by atoms with Crippen LogP contribution in [0.25, 0.3) is 0 Å². The van der Waals surface area contributed by atoms with Gasteiger partial charge < -0.3 is 30.9 Å². The van der Waals surface area contributed by atoms with Crippen molar-refractivity contribution in [3.05, 3.63) is 59.2 Å². The van der Waals surface area contributed by atoms with E-state index in [1.807, 2.05) is 30.3 Å². The highest BCUT2D eigenvalue weighted by Crippen LogP contribution is 2.26. The van der Waals surface area contributed by atoms with Gasteiger partial charge in [0.25, 0.3) is 0 Å². The molecule has 13 heteroatoms. The summed E-state index contributed by atoms with van der Waals surface area (Å²) in [5.74, 6) is -1.15. The predicted molar refractivity (Wildman–Crippen MR) is 139 cm³/mol. The SMILES string of the molecule is Cc1cc(OCCCC(=O)NCCNC(=O)OCc2ccccc2)cc(C)c1S(=O)(=O)N[C@@H](CN)C(=O)O. The second-order valence-electron chi connectivity index (χ2n) is 8.42. The molecular weight excluding hydrogens is 516 g/mol. The summed E-state index contributed by atoms with van der Waals surface area (Å²) in [5.41, 5.74) is 6.97. The number of rotatable bonds is 15. The Morgan fingerprint density at radius 1 is 1.03 bits per heavy atom. The van der Waals surface area contributed by atoms with Crippen molar-refractivity contribution in [2.75, 3.05) is 26.2 Å². The zero-order valence-corrected chi connectivity index (χ0v) is 22.2. The van der Waals surface area contributed by atoms with Crippen LogP contribution >= 0.6 is 0 Å². The molecular formula is C25H34N4O8S. The largest absolute Gasteiger partial charge is 0.494 e. The van der Waals surface area contributed by atoms with Gasteiger partial charge in [-0.1, -0.05) is 30.3 Å². The smallest absolute Gasteiger partial charge is 0.407 e. The van der Waals surface area contributed by atoms with Crippen LogP contribution in [0.3, 0.4) is 0 Å². The van der Waals surface area contributed by atoms with Crippen LogP contribution in [0.15, 0.2) is 47.4 Å². The van der Waals surface area contributed by atoms with E-state index in [-0.39, 0.29) is 50.1 Å². The molecule has 6 N–H and O–H groups in total. The fourth-order valence-electron chi connectivity index (χ4n) is 3.52. The molecule has 0 spiro atoms. The molecule has 38 heavy (non-hydrogen) atoms. The number of nitrogens with one attached hydrogen (secondary N) is 3. The molecule has 0 bridgehead atoms. The molecule has 1 atom stereocenters. The number of amides is 2. The average Bonchev–Trinajstić information content (AvgIpc) is 2.86. The van der Waals surface area contributed by atoms with Crippen molar-refractivity contribution >= 4 is 28.0 Å². The van der Waals surface area contributed by atoms with Gasteiger partial charge in [0.1, 0.15) is 18.4 Å². The van der Waals surface area contributed by atoms with Gasteiger partial charge in [0, 0.05) is 26.1 Å². The monoisotopic (exact) mass is 550 g/mol. The quantitative estimate of drug-likeness (QED) is 0.203. The Hall–Kier alpha value is -3.68. The molecule has 0 saturated heterocycles. The second-order valence-corrected chi connectivity index (χ2v) is 10.1. The van der Waals surface area contributed by atoms with Crippen molar-refractivity contribution in [2.24, 2.45) is 5.73 Å². The maximum absolute atomic E-state index is 12.7. The molecule has 2 rings (SSSR count). The highest BCUT2D eigenvalue weighted by Gasteiger charge is 2.27. The third-order valence-corrected chi connectivity index (χ3v) is 7.06. The number of hydrogen-bond acceptors (Lipinski definition) is 8. The van der Waals surface area contributed by atoms with Crippen molar-refractivity contribution in [3.63, 3.8) is 0 Å². The summed E-state index contributed by atoms with van der Waals surface area (Å²) < 4.78 is 38.2. The Morgan fingerprint density at radius 3 is 2.26 bits per heavy atom. The van der Waals surface area contributed by atoms with E-state index in [1.165, 1.54) is 12.1 Å². The molecule has 2 amide bonds. The van der Waals surface area contributed by atoms with Crippen LogP contribution < -0.4 is 25.8 Å². The first kappa shape index (κ1) is 30.5. The van der Waals surface area contributed by atoms with Crippen LogP contribution in [0.4, 0.5) is 4.79 Å². The van der Waals surface area contributed by atoms with Crippen LogP contribution in [0.1, 0.15) is 29.5 Å². The minimum Gasteiger partial charge on any atom is -0.494 e. The summed E-state index contributed by atoms with van der Waals surface area (Å²) in [4.78, 5) is 34.8. The fraction of sp³-hybridized carbons (Fsp3) is 0.400. The third kappa shape index (κ3) is 10.00. The van der Waals surface area contributed by atoms with Gasteiger partial charge in [-0.3, -0.25) is 9.59 Å². The van der Waals surface area contributed by atoms with E-state index < -0.39 is 28.1 Å². The lowest BCUT2D eigenvalue weighted by atomic mass is 10.1. The van der Waals surface area contributed by atoms with Gasteiger partial charge >= 0.3 is 12.1 Å². The fourth-order valence-corrected chi connectivity index (χ4v) is 5.17. The Balaban J connectivity index is 1.70. The molecule has 0 aromatic heterocycles. The van der Waals surface area contributed by atoms with Gasteiger partial charge in [-0.15, -0.1) is 0 Å². The summed E-state index contributed by atoms with van der Waals surface area (Å²) in [7, 11) is -4.12. The summed E-state index contributed by atoms with van der Waals surface area (Å²) in [6.07, 6.45) is 0.0370. The van der Waals surface area contributed by atoms with Crippen LogP contribution in [-0.4, -0.2) is 63.8 Å². The first-order valence-corrected chi connectivity index (χ1v) is 13.4. The number of carbonyl (C=O) groups excluding carboxylic acids is 2. The molecule has 0 aliphatic carbocycles. The van der Waals surface area contributed by atoms with Crippen LogP contribution in [-0.2, 0) is 31.0 Å². The molecule has 2 aromatic rings. The van der Waals surface area contributed by atoms with Crippen molar-refractivity contribution < 1.29 is 37.4 Å². The number of carboxylic acid groups (broad SMARTS) is 1. The molecule has 0 aliphatic rings. The Morgan fingerprint density at radius 2 is 1.66 bits per heavy atom. The first-order valence-electron chi connectivity index (χ1n) is 11.9. The lowest BCUT2D eigenvalue weighted by molar-refractivity contribution is -0.138. The van der Waals surface area contributed by atoms with Crippen molar-refractivity contribution in [2.45, 2.75) is 44.2 Å². The normalized spacial score (nSPS) is 11.9. The lowest BCUT2D eigenvalue weighted by Gasteiger charge is -2.17. The Kier molecular flexibility index (Phi) is 12.0. The first-order chi connectivity index (χ1) is 18.0. The summed E-state index contributed by atoms with van der Waals surface area (Å²) >= 11 is 0. The van der Waals surface area contributed by atoms with Crippen LogP contribution in [0.2, 0.25) is 0 Å². The number of carboxylic acids is 1. The summed E-state index contributed by atoms with van der Waals surface area (Å²) in [5, 5.41) is 14.3. The predicted octanol–water partition coefficient (Wildman–Crippen LogP) is 1.20. The zero-order valence-electron chi connectivity index (χ0n) is 21.4. The lowest BCUT2D eigenvalue weighted by Crippen LogP contribution is -2.45. The maximum atomic E-state index is 12.7. The highest BCUT2D eigenvalue weighted by molar-refractivity contribution is 7.89. The highest BCUT2D eigenvalue weighted by atomic mass is 32.2. The van der Waals surface area contributed by atoms with Crippen molar-refractivity contribution in [1.82, 2.24) is 15.4 Å². The van der Waals surface area contributed by atoms with Gasteiger partial charge in [-0.2, -0.15) is 4.72 Å². The third-order valence-electron chi connectivity index (χ3n) is 5.28. The van der Waals surface area contributed by atoms with E-state index in [0.29, 0.717) is 23.3 Å². The molecule has 0 aliphatic heterocycles. The van der Waals surface area contributed by atoms with Crippen molar-refractivity contribution in [3.8, 4) is 5.75 Å². The number of nitrogens with two attached hydrogens (primary N) is 1. The molecule has 0 unspecified atom stereocenters. The summed E-state index contributed by atoms with van der Waals surface area (Å²) in [6.45, 7) is 3.60. The van der Waals surface area contributed by atoms with Crippen molar-refractivity contribution in [1.29, 1.82) is 0 Å². The topological polar surface area (TPSA) is 186 Å². The maximum Gasteiger partial charge on any atom is 0.407 e. The number of hydrogen-bond donors (Lipinski definition) is 5. The Labute approximate surface area is 221 Å². The average molecular weight is 551 g/mol. The standard InChI is InChI=1S/C25H34N4O8S/c1-17-13-20(14-18(2)23(17)38(34,35)29-21(15-26)24(31)32)36-12-6-9-22(30)27-10-11-28-25(33)37-16-19-7-4-3-5-8-19/h3-5,7-8,13-14,21,29H,6,9-12,15-16,26H2,1-2H3,(H,27,30)(H,28,33)(H,31,32)/t21-/m0/s1. The molecule has 2 aromatic carbocycles. The van der Waals surface area contributed by atoms with Gasteiger partial charge in [0.05, 0.1) is 11.5 Å². The van der Waals surface area contributed by atoms with Crippen LogP contribution in [0, 0.1) is 13.8 Å². The van der Waals surface area contributed by atoms with Gasteiger partial charge in [-0.25, -0.2) is 13.2 Å². The van der Waals surface area contributed by atoms with E-state index in [2.05, 4.69) is 15.4 Å². The number of sulfonamides is 1. The molecule has 208 valence electrons. The summed E-state index contributed by atoms with van der Waals surface area (Å²) in [6, 6.07) is 10.9.